The van der Waals surface area contributed by atoms with E-state index in [-0.39, 0.29) is 6.79 Å². The smallest absolute Gasteiger partial charge is 0.259 e. The second-order valence-corrected chi connectivity index (χ2v) is 3.22. The number of nitrogens with zero attached hydrogens (tertiary/aromatic N) is 2. The van der Waals surface area contributed by atoms with E-state index in [4.69, 9.17) is 9.47 Å². The molecule has 0 N–H and O–H groups in total. The van der Waals surface area contributed by atoms with Gasteiger partial charge in [0.05, 0.1) is 6.04 Å². The molecule has 0 saturated heterocycles. The van der Waals surface area contributed by atoms with E-state index < -0.39 is 0 Å². The van der Waals surface area contributed by atoms with Crippen LogP contribution in [-0.2, 0) is 0 Å². The summed E-state index contributed by atoms with van der Waals surface area (Å²) in [6.07, 6.45) is 2.91. The van der Waals surface area contributed by atoms with Crippen molar-refractivity contribution in [3.05, 3.63) is 5.69 Å². The molecule has 0 atom stereocenters. The van der Waals surface area contributed by atoms with Crippen LogP contribution in [-0.4, -0.2) is 22.9 Å². The molecule has 2 heterocycles. The monoisotopic (exact) mass is 180 g/mol. The average molecular weight is 180 g/mol. The number of hydrogen-bond donors (Lipinski definition) is 0. The van der Waals surface area contributed by atoms with E-state index >= 15 is 0 Å². The van der Waals surface area contributed by atoms with Gasteiger partial charge in [0.1, 0.15) is 0 Å². The molecule has 1 aliphatic heterocycles. The first kappa shape index (κ1) is 6.94. The molecule has 1 aliphatic carbocycles. The van der Waals surface area contributed by atoms with Gasteiger partial charge >= 0.3 is 0 Å². The Kier molecular flexibility index (Phi) is 1.20. The molecule has 0 spiro atoms. The predicted octanol–water partition coefficient (Wildman–Crippen LogP) is 0.759. The summed E-state index contributed by atoms with van der Waals surface area (Å²) in [7, 11) is 0. The number of carbonyl (C=O) groups is 1. The summed E-state index contributed by atoms with van der Waals surface area (Å²) in [5, 5.41) is 4.11. The molecule has 1 aromatic rings. The van der Waals surface area contributed by atoms with E-state index in [2.05, 4.69) is 5.10 Å². The molecule has 0 unspecified atom stereocenters. The number of hydrogen-bond acceptors (Lipinski definition) is 4. The summed E-state index contributed by atoms with van der Waals surface area (Å²) in [4.78, 5) is 10.6. The van der Waals surface area contributed by atoms with Gasteiger partial charge < -0.3 is 9.47 Å². The largest absolute Gasteiger partial charge is 0.449 e. The van der Waals surface area contributed by atoms with Crippen LogP contribution in [0.15, 0.2) is 0 Å². The van der Waals surface area contributed by atoms with Crippen molar-refractivity contribution in [2.24, 2.45) is 0 Å². The van der Waals surface area contributed by atoms with E-state index in [1.807, 2.05) is 0 Å². The molecular formula is C8H8N2O3. The van der Waals surface area contributed by atoms with Crippen LogP contribution in [0.2, 0.25) is 0 Å². The Morgan fingerprint density at radius 3 is 3.00 bits per heavy atom. The lowest BCUT2D eigenvalue weighted by Crippen LogP contribution is -2.04. The number of fused-ring (bicyclic) bond motifs is 1. The van der Waals surface area contributed by atoms with Crippen LogP contribution >= 0.6 is 0 Å². The normalized spacial score (nSPS) is 19.1. The number of aromatic nitrogens is 2. The maximum absolute atomic E-state index is 10.6. The number of carbonyl (C=O) groups excluding carboxylic acids is 1. The van der Waals surface area contributed by atoms with Crippen molar-refractivity contribution >= 4 is 6.29 Å². The van der Waals surface area contributed by atoms with Crippen LogP contribution in [0, 0.1) is 0 Å². The first-order valence-electron chi connectivity index (χ1n) is 4.23. The van der Waals surface area contributed by atoms with E-state index in [1.165, 1.54) is 0 Å². The molecule has 0 bridgehead atoms. The van der Waals surface area contributed by atoms with Crippen LogP contribution in [0.1, 0.15) is 29.4 Å². The van der Waals surface area contributed by atoms with Crippen molar-refractivity contribution in [1.82, 2.24) is 9.78 Å². The summed E-state index contributed by atoms with van der Waals surface area (Å²) in [5.41, 5.74) is 0.347. The summed E-state index contributed by atoms with van der Waals surface area (Å²) in [6, 6.07) is 0.407. The Morgan fingerprint density at radius 1 is 1.46 bits per heavy atom. The van der Waals surface area contributed by atoms with Crippen molar-refractivity contribution in [3.8, 4) is 11.6 Å². The van der Waals surface area contributed by atoms with E-state index in [0.717, 1.165) is 12.8 Å². The lowest BCUT2D eigenvalue weighted by atomic mass is 10.4. The Hall–Kier alpha value is -1.52. The average Bonchev–Trinajstić information content (AvgIpc) is 2.77. The maximum atomic E-state index is 10.6. The molecule has 0 radical (unpaired) electrons. The number of aldehydes is 1. The van der Waals surface area contributed by atoms with E-state index in [0.29, 0.717) is 29.7 Å². The van der Waals surface area contributed by atoms with Crippen molar-refractivity contribution in [2.75, 3.05) is 6.79 Å². The molecule has 5 heteroatoms. The summed E-state index contributed by atoms with van der Waals surface area (Å²) < 4.78 is 12.1. The lowest BCUT2D eigenvalue weighted by Gasteiger charge is -1.99. The van der Waals surface area contributed by atoms with Gasteiger partial charge in [-0.2, -0.15) is 5.10 Å². The van der Waals surface area contributed by atoms with Gasteiger partial charge in [-0.25, -0.2) is 4.68 Å². The highest BCUT2D eigenvalue weighted by Crippen LogP contribution is 2.44. The van der Waals surface area contributed by atoms with Gasteiger partial charge in [-0.1, -0.05) is 0 Å². The zero-order valence-electron chi connectivity index (χ0n) is 6.90. The molecule has 0 amide bonds. The van der Waals surface area contributed by atoms with Crippen molar-refractivity contribution < 1.29 is 14.3 Å². The van der Waals surface area contributed by atoms with Gasteiger partial charge in [-0.15, -0.1) is 0 Å². The molecule has 0 aromatic carbocycles. The molecule has 1 fully saturated rings. The minimum atomic E-state index is 0.195. The SMILES string of the molecule is O=Cc1nn(C2CC2)c2c1OCO2. The Balaban J connectivity index is 2.14. The highest BCUT2D eigenvalue weighted by Gasteiger charge is 2.34. The second kappa shape index (κ2) is 2.25. The van der Waals surface area contributed by atoms with Gasteiger partial charge in [0.15, 0.2) is 12.0 Å². The molecule has 5 nitrogen and oxygen atoms in total. The van der Waals surface area contributed by atoms with Gasteiger partial charge in [0, 0.05) is 0 Å². The number of rotatable bonds is 2. The standard InChI is InChI=1S/C8H8N2O3/c11-3-6-7-8(13-4-12-7)10(9-6)5-1-2-5/h3,5H,1-2,4H2. The maximum Gasteiger partial charge on any atom is 0.259 e. The first-order chi connectivity index (χ1) is 6.40. The van der Waals surface area contributed by atoms with Gasteiger partial charge in [0.2, 0.25) is 12.5 Å². The third kappa shape index (κ3) is 0.867. The molecule has 68 valence electrons. The first-order valence-corrected chi connectivity index (χ1v) is 4.23. The Bertz CT molecular complexity index is 368. The van der Waals surface area contributed by atoms with Crippen molar-refractivity contribution in [3.63, 3.8) is 0 Å². The fourth-order valence-electron chi connectivity index (χ4n) is 1.48. The topological polar surface area (TPSA) is 53.4 Å². The minimum absolute atomic E-state index is 0.195. The van der Waals surface area contributed by atoms with Crippen LogP contribution in [0.3, 0.4) is 0 Å². The Labute approximate surface area is 74.2 Å². The molecule has 13 heavy (non-hydrogen) atoms. The minimum Gasteiger partial charge on any atom is -0.449 e. The quantitative estimate of drug-likeness (QED) is 0.630. The zero-order chi connectivity index (χ0) is 8.84. The third-order valence-corrected chi connectivity index (χ3v) is 2.25. The summed E-state index contributed by atoms with van der Waals surface area (Å²) in [5.74, 6) is 1.12. The molecular weight excluding hydrogens is 172 g/mol. The lowest BCUT2D eigenvalue weighted by molar-refractivity contribution is 0.110. The van der Waals surface area contributed by atoms with Crippen LogP contribution in [0.25, 0.3) is 0 Å². The van der Waals surface area contributed by atoms with Crippen LogP contribution in [0.5, 0.6) is 11.6 Å². The van der Waals surface area contributed by atoms with Gasteiger partial charge in [-0.3, -0.25) is 4.79 Å². The number of ether oxygens (including phenoxy) is 2. The Morgan fingerprint density at radius 2 is 2.31 bits per heavy atom. The van der Waals surface area contributed by atoms with Gasteiger partial charge in [-0.05, 0) is 12.8 Å². The molecule has 1 saturated carbocycles. The van der Waals surface area contributed by atoms with Gasteiger partial charge in [0.25, 0.3) is 5.88 Å². The van der Waals surface area contributed by atoms with Crippen molar-refractivity contribution in [2.45, 2.75) is 18.9 Å². The zero-order valence-corrected chi connectivity index (χ0v) is 6.90. The fourth-order valence-corrected chi connectivity index (χ4v) is 1.48. The predicted molar refractivity (Wildman–Crippen MR) is 42.0 cm³/mol. The van der Waals surface area contributed by atoms with E-state index in [9.17, 15) is 4.79 Å². The fraction of sp³-hybridized carbons (Fsp3) is 0.500. The molecule has 1 aromatic heterocycles. The highest BCUT2D eigenvalue weighted by molar-refractivity contribution is 5.78. The highest BCUT2D eigenvalue weighted by atomic mass is 16.7. The van der Waals surface area contributed by atoms with Crippen LogP contribution in [0.4, 0.5) is 0 Å². The molecule has 3 rings (SSSR count). The second-order valence-electron chi connectivity index (χ2n) is 3.22. The van der Waals surface area contributed by atoms with Crippen LogP contribution < -0.4 is 9.47 Å². The van der Waals surface area contributed by atoms with E-state index in [1.54, 1.807) is 4.68 Å². The third-order valence-electron chi connectivity index (χ3n) is 2.25. The van der Waals surface area contributed by atoms with Crippen molar-refractivity contribution in [1.29, 1.82) is 0 Å². The summed E-state index contributed by atoms with van der Waals surface area (Å²) >= 11 is 0. The summed E-state index contributed by atoms with van der Waals surface area (Å²) in [6.45, 7) is 0.195. The molecule has 2 aliphatic rings.